The van der Waals surface area contributed by atoms with Gasteiger partial charge in [0.25, 0.3) is 5.24 Å². The summed E-state index contributed by atoms with van der Waals surface area (Å²) in [6.07, 6.45) is 2.47. The third kappa shape index (κ3) is 4.69. The Hall–Kier alpha value is -2.14. The smallest absolute Gasteiger partial charge is 0.274 e. The second-order valence-corrected chi connectivity index (χ2v) is 5.87. The molecule has 0 aliphatic heterocycles. The van der Waals surface area contributed by atoms with Gasteiger partial charge in [0.15, 0.2) is 0 Å². The molecule has 0 unspecified atom stereocenters. The molecule has 0 fully saturated rings. The maximum atomic E-state index is 14.1. The number of alkyl halides is 2. The standard InChI is InChI=1S/C19H15ClF4O/c1-2-3-12-4-6-13(7-5-12)14-10-16(21)15(17(22)11-14)8-9-19(23,24)18(20)25/h4-11H,2-3H2,1H3/b9-8+. The number of carbonyl (C=O) groups excluding carboxylic acids is 1. The highest BCUT2D eigenvalue weighted by Crippen LogP contribution is 2.27. The highest BCUT2D eigenvalue weighted by atomic mass is 35.5. The van der Waals surface area contributed by atoms with E-state index in [0.29, 0.717) is 11.6 Å². The first-order chi connectivity index (χ1) is 11.7. The molecule has 2 aromatic carbocycles. The van der Waals surface area contributed by atoms with Gasteiger partial charge in [0.2, 0.25) is 0 Å². The Balaban J connectivity index is 2.34. The van der Waals surface area contributed by atoms with Crippen molar-refractivity contribution in [3.63, 3.8) is 0 Å². The second-order valence-electron chi connectivity index (χ2n) is 5.53. The van der Waals surface area contributed by atoms with Crippen LogP contribution in [-0.4, -0.2) is 11.2 Å². The first kappa shape index (κ1) is 19.2. The largest absolute Gasteiger partial charge is 0.338 e. The lowest BCUT2D eigenvalue weighted by Gasteiger charge is -2.08. The maximum Gasteiger partial charge on any atom is 0.338 e. The van der Waals surface area contributed by atoms with Gasteiger partial charge in [-0.15, -0.1) is 0 Å². The van der Waals surface area contributed by atoms with Crippen molar-refractivity contribution < 1.29 is 22.4 Å². The van der Waals surface area contributed by atoms with Gasteiger partial charge >= 0.3 is 5.92 Å². The summed E-state index contributed by atoms with van der Waals surface area (Å²) in [7, 11) is 0. The number of carbonyl (C=O) groups is 1. The van der Waals surface area contributed by atoms with Crippen LogP contribution in [0.2, 0.25) is 0 Å². The van der Waals surface area contributed by atoms with Crippen LogP contribution in [-0.2, 0) is 11.2 Å². The van der Waals surface area contributed by atoms with Crippen molar-refractivity contribution in [1.29, 1.82) is 0 Å². The van der Waals surface area contributed by atoms with Crippen LogP contribution in [0.1, 0.15) is 24.5 Å². The number of rotatable bonds is 6. The third-order valence-electron chi connectivity index (χ3n) is 3.63. The molecule has 0 atom stereocenters. The molecule has 25 heavy (non-hydrogen) atoms. The summed E-state index contributed by atoms with van der Waals surface area (Å²) in [6, 6.07) is 9.34. The van der Waals surface area contributed by atoms with Gasteiger partial charge in [-0.1, -0.05) is 37.6 Å². The minimum absolute atomic E-state index is 0.0725. The molecule has 0 aliphatic carbocycles. The van der Waals surface area contributed by atoms with Crippen LogP contribution in [0.5, 0.6) is 0 Å². The van der Waals surface area contributed by atoms with E-state index >= 15 is 0 Å². The van der Waals surface area contributed by atoms with Crippen LogP contribution in [0.3, 0.4) is 0 Å². The van der Waals surface area contributed by atoms with E-state index in [-0.39, 0.29) is 11.6 Å². The lowest BCUT2D eigenvalue weighted by molar-refractivity contribution is -0.128. The summed E-state index contributed by atoms with van der Waals surface area (Å²) < 4.78 is 54.5. The number of halogens is 5. The van der Waals surface area contributed by atoms with E-state index < -0.39 is 28.4 Å². The molecule has 1 nitrogen and oxygen atoms in total. The van der Waals surface area contributed by atoms with Crippen molar-refractivity contribution in [1.82, 2.24) is 0 Å². The molecule has 0 amide bonds. The number of aryl methyl sites for hydroxylation is 1. The Morgan fingerprint density at radius 1 is 1.08 bits per heavy atom. The molecule has 2 aromatic rings. The van der Waals surface area contributed by atoms with Gasteiger partial charge in [0.05, 0.1) is 0 Å². The molecule has 0 aromatic heterocycles. The summed E-state index contributed by atoms with van der Waals surface area (Å²) >= 11 is 4.73. The SMILES string of the molecule is CCCc1ccc(-c2cc(F)c(/C=C/C(F)(F)C(=O)Cl)c(F)c2)cc1. The van der Waals surface area contributed by atoms with Crippen LogP contribution >= 0.6 is 11.6 Å². The van der Waals surface area contributed by atoms with Crippen molar-refractivity contribution in [2.24, 2.45) is 0 Å². The molecular formula is C19H15ClF4O. The zero-order valence-corrected chi connectivity index (χ0v) is 14.1. The molecule has 0 saturated carbocycles. The fourth-order valence-electron chi connectivity index (χ4n) is 2.32. The molecule has 0 saturated heterocycles. The number of hydrogen-bond acceptors (Lipinski definition) is 1. The quantitative estimate of drug-likeness (QED) is 0.450. The fraction of sp³-hybridized carbons (Fsp3) is 0.211. The van der Waals surface area contributed by atoms with E-state index in [1.165, 1.54) is 0 Å². The van der Waals surface area contributed by atoms with E-state index in [4.69, 9.17) is 11.6 Å². The summed E-state index contributed by atoms with van der Waals surface area (Å²) in [5.74, 6) is -6.02. The zero-order valence-electron chi connectivity index (χ0n) is 13.3. The summed E-state index contributed by atoms with van der Waals surface area (Å²) in [4.78, 5) is 10.5. The highest BCUT2D eigenvalue weighted by molar-refractivity contribution is 6.65. The summed E-state index contributed by atoms with van der Waals surface area (Å²) in [5.41, 5.74) is 1.34. The van der Waals surface area contributed by atoms with Gasteiger partial charge in [-0.25, -0.2) is 8.78 Å². The zero-order chi connectivity index (χ0) is 18.6. The topological polar surface area (TPSA) is 17.1 Å². The molecule has 0 spiro atoms. The maximum absolute atomic E-state index is 14.1. The lowest BCUT2D eigenvalue weighted by Crippen LogP contribution is -2.20. The molecule has 6 heteroatoms. The molecule has 0 bridgehead atoms. The van der Waals surface area contributed by atoms with Crippen molar-refractivity contribution in [3.8, 4) is 11.1 Å². The van der Waals surface area contributed by atoms with E-state index in [0.717, 1.165) is 30.5 Å². The molecule has 132 valence electrons. The molecule has 2 rings (SSSR count). The van der Waals surface area contributed by atoms with Crippen LogP contribution < -0.4 is 0 Å². The van der Waals surface area contributed by atoms with Crippen molar-refractivity contribution in [2.75, 3.05) is 0 Å². The lowest BCUT2D eigenvalue weighted by atomic mass is 10.00. The third-order valence-corrected chi connectivity index (χ3v) is 3.88. The van der Waals surface area contributed by atoms with Crippen molar-refractivity contribution >= 4 is 22.9 Å². The van der Waals surface area contributed by atoms with Gasteiger partial charge in [-0.3, -0.25) is 4.79 Å². The molecule has 0 aliphatic rings. The van der Waals surface area contributed by atoms with Crippen molar-refractivity contribution in [2.45, 2.75) is 25.7 Å². The highest BCUT2D eigenvalue weighted by Gasteiger charge is 2.34. The van der Waals surface area contributed by atoms with Crippen LogP contribution in [0.4, 0.5) is 17.6 Å². The van der Waals surface area contributed by atoms with Crippen LogP contribution in [0, 0.1) is 11.6 Å². The van der Waals surface area contributed by atoms with Crippen LogP contribution in [0.25, 0.3) is 17.2 Å². The van der Waals surface area contributed by atoms with E-state index in [2.05, 4.69) is 0 Å². The van der Waals surface area contributed by atoms with E-state index in [9.17, 15) is 22.4 Å². The monoisotopic (exact) mass is 370 g/mol. The summed E-state index contributed by atoms with van der Waals surface area (Å²) in [5, 5.41) is -1.92. The van der Waals surface area contributed by atoms with E-state index in [1.54, 1.807) is 12.1 Å². The average Bonchev–Trinajstić information content (AvgIpc) is 2.54. The van der Waals surface area contributed by atoms with Gasteiger partial charge in [0, 0.05) is 5.56 Å². The van der Waals surface area contributed by atoms with Gasteiger partial charge in [-0.2, -0.15) is 8.78 Å². The first-order valence-electron chi connectivity index (χ1n) is 7.60. The fourth-order valence-corrected chi connectivity index (χ4v) is 2.38. The van der Waals surface area contributed by atoms with Crippen LogP contribution in [0.15, 0.2) is 42.5 Å². The molecular weight excluding hydrogens is 356 g/mol. The van der Waals surface area contributed by atoms with E-state index in [1.807, 2.05) is 19.1 Å². The van der Waals surface area contributed by atoms with Gasteiger partial charge < -0.3 is 0 Å². The normalized spacial score (nSPS) is 11.9. The Kier molecular flexibility index (Phi) is 6.01. The first-order valence-corrected chi connectivity index (χ1v) is 7.97. The number of allylic oxidation sites excluding steroid dienone is 1. The predicted octanol–water partition coefficient (Wildman–Crippen LogP) is 6.00. The summed E-state index contributed by atoms with van der Waals surface area (Å²) in [6.45, 7) is 2.05. The van der Waals surface area contributed by atoms with Gasteiger partial charge in [0.1, 0.15) is 11.6 Å². The molecule has 0 N–H and O–H groups in total. The minimum Gasteiger partial charge on any atom is -0.274 e. The molecule has 0 radical (unpaired) electrons. The number of hydrogen-bond donors (Lipinski definition) is 0. The minimum atomic E-state index is -3.99. The van der Waals surface area contributed by atoms with Crippen molar-refractivity contribution in [3.05, 3.63) is 65.2 Å². The Morgan fingerprint density at radius 3 is 2.12 bits per heavy atom. The Bertz CT molecular complexity index is 775. The second kappa shape index (κ2) is 7.83. The predicted molar refractivity (Wildman–Crippen MR) is 90.6 cm³/mol. The Labute approximate surface area is 147 Å². The average molecular weight is 371 g/mol. The van der Waals surface area contributed by atoms with Gasteiger partial charge in [-0.05, 0) is 59.0 Å². The Morgan fingerprint density at radius 2 is 1.64 bits per heavy atom. The molecule has 0 heterocycles. The number of benzene rings is 2.